The van der Waals surface area contributed by atoms with Gasteiger partial charge < -0.3 is 29.6 Å². The number of amides is 2. The maximum absolute atomic E-state index is 11.9. The minimum atomic E-state index is -0.503. The molecule has 2 bridgehead atoms. The highest BCUT2D eigenvalue weighted by atomic mass is 16.6. The number of ether oxygens (including phenoxy) is 4. The Labute approximate surface area is 213 Å². The van der Waals surface area contributed by atoms with Crippen molar-refractivity contribution in [2.24, 2.45) is 23.7 Å². The van der Waals surface area contributed by atoms with Crippen molar-refractivity contribution in [2.75, 3.05) is 39.5 Å². The molecule has 0 spiro atoms. The van der Waals surface area contributed by atoms with Crippen molar-refractivity contribution in [3.05, 3.63) is 24.3 Å². The van der Waals surface area contributed by atoms with Gasteiger partial charge in [-0.05, 0) is 76.0 Å². The fourth-order valence-corrected chi connectivity index (χ4v) is 4.84. The molecule has 4 unspecified atom stereocenters. The van der Waals surface area contributed by atoms with E-state index in [2.05, 4.69) is 23.8 Å². The third-order valence-corrected chi connectivity index (χ3v) is 6.69. The number of alkyl carbamates (subject to hydrolysis) is 2. The lowest BCUT2D eigenvalue weighted by atomic mass is 9.80. The number of carbonyl (C=O) groups is 4. The molecule has 2 aliphatic carbocycles. The maximum Gasteiger partial charge on any atom is 0.407 e. The van der Waals surface area contributed by atoms with Crippen LogP contribution in [0, 0.1) is 23.7 Å². The molecular formula is C26H40N2O8. The highest BCUT2D eigenvalue weighted by Gasteiger charge is 2.45. The highest BCUT2D eigenvalue weighted by Crippen LogP contribution is 2.52. The predicted octanol–water partition coefficient (Wildman–Crippen LogP) is 3.51. The minimum Gasteiger partial charge on any atom is -0.462 e. The number of rotatable bonds is 15. The van der Waals surface area contributed by atoms with Crippen molar-refractivity contribution >= 4 is 24.1 Å². The number of hydrogen-bond acceptors (Lipinski definition) is 8. The average Bonchev–Trinajstić information content (AvgIpc) is 3.42. The molecule has 2 fully saturated rings. The molecule has 10 nitrogen and oxygen atoms in total. The summed E-state index contributed by atoms with van der Waals surface area (Å²) in [6, 6.07) is 0. The zero-order valence-electron chi connectivity index (χ0n) is 21.5. The molecule has 2 rings (SSSR count). The van der Waals surface area contributed by atoms with E-state index in [1.165, 1.54) is 0 Å². The first-order valence-electron chi connectivity index (χ1n) is 12.6. The Hall–Kier alpha value is -3.04. The standard InChI is InChI=1S/C26H40N2O8/c1-17(2)23(29)33-9-5-6-10-35-25(31)27-8-7-19-13-21-14-20(19)15-22(21)16-28-26(32)36-12-11-34-24(30)18(3)4/h19-22H,1,3,5-16H2,2,4H3,(H,27,31)(H,28,32). The SMILES string of the molecule is C=C(C)C(=O)OCCCCOC(=O)NCCC1CC2CC1CC2CNC(=O)OCCOC(=O)C(=C)C. The van der Waals surface area contributed by atoms with Crippen molar-refractivity contribution in [1.82, 2.24) is 10.6 Å². The van der Waals surface area contributed by atoms with Crippen molar-refractivity contribution in [1.29, 1.82) is 0 Å². The van der Waals surface area contributed by atoms with Gasteiger partial charge in [-0.2, -0.15) is 0 Å². The maximum atomic E-state index is 11.9. The molecule has 0 heterocycles. The van der Waals surface area contributed by atoms with Gasteiger partial charge >= 0.3 is 24.1 Å². The second kappa shape index (κ2) is 15.2. The number of fused-ring (bicyclic) bond motifs is 2. The summed E-state index contributed by atoms with van der Waals surface area (Å²) in [5.41, 5.74) is 0.669. The van der Waals surface area contributed by atoms with E-state index < -0.39 is 24.1 Å². The van der Waals surface area contributed by atoms with Crippen LogP contribution in [-0.4, -0.2) is 63.6 Å². The smallest absolute Gasteiger partial charge is 0.407 e. The quantitative estimate of drug-likeness (QED) is 0.149. The van der Waals surface area contributed by atoms with Gasteiger partial charge in [-0.15, -0.1) is 0 Å². The van der Waals surface area contributed by atoms with Crippen LogP contribution in [0.4, 0.5) is 9.59 Å². The summed E-state index contributed by atoms with van der Waals surface area (Å²) >= 11 is 0. The molecule has 36 heavy (non-hydrogen) atoms. The molecule has 2 N–H and O–H groups in total. The Morgan fingerprint density at radius 3 is 1.81 bits per heavy atom. The van der Waals surface area contributed by atoms with Gasteiger partial charge in [0.1, 0.15) is 13.2 Å². The molecular weight excluding hydrogens is 468 g/mol. The van der Waals surface area contributed by atoms with Crippen LogP contribution in [-0.2, 0) is 28.5 Å². The van der Waals surface area contributed by atoms with Crippen LogP contribution in [0.15, 0.2) is 24.3 Å². The molecule has 0 radical (unpaired) electrons. The number of esters is 2. The van der Waals surface area contributed by atoms with E-state index in [1.54, 1.807) is 13.8 Å². The van der Waals surface area contributed by atoms with Crippen LogP contribution in [0.3, 0.4) is 0 Å². The summed E-state index contributed by atoms with van der Waals surface area (Å²) in [7, 11) is 0. The molecule has 2 amide bonds. The van der Waals surface area contributed by atoms with Gasteiger partial charge in [0.25, 0.3) is 0 Å². The monoisotopic (exact) mass is 508 g/mol. The molecule has 0 aliphatic heterocycles. The summed E-state index contributed by atoms with van der Waals surface area (Å²) in [5.74, 6) is 1.28. The highest BCUT2D eigenvalue weighted by molar-refractivity contribution is 5.87. The van der Waals surface area contributed by atoms with E-state index in [9.17, 15) is 19.2 Å². The van der Waals surface area contributed by atoms with Gasteiger partial charge in [-0.1, -0.05) is 13.2 Å². The van der Waals surface area contributed by atoms with E-state index in [1.807, 2.05) is 0 Å². The average molecular weight is 509 g/mol. The van der Waals surface area contributed by atoms with E-state index >= 15 is 0 Å². The first-order valence-corrected chi connectivity index (χ1v) is 12.6. The van der Waals surface area contributed by atoms with Crippen LogP contribution >= 0.6 is 0 Å². The molecule has 10 heteroatoms. The molecule has 202 valence electrons. The lowest BCUT2D eigenvalue weighted by Crippen LogP contribution is -2.34. The molecule has 0 aromatic heterocycles. The lowest BCUT2D eigenvalue weighted by molar-refractivity contribution is -0.140. The number of carbonyl (C=O) groups excluding carboxylic acids is 4. The van der Waals surface area contributed by atoms with E-state index in [0.717, 1.165) is 25.7 Å². The number of hydrogen-bond donors (Lipinski definition) is 2. The summed E-state index contributed by atoms with van der Waals surface area (Å²) in [6.45, 7) is 11.9. The third-order valence-electron chi connectivity index (χ3n) is 6.69. The number of nitrogens with one attached hydrogen (secondary N) is 2. The Morgan fingerprint density at radius 2 is 1.19 bits per heavy atom. The van der Waals surface area contributed by atoms with Gasteiger partial charge in [-0.25, -0.2) is 19.2 Å². The molecule has 0 saturated heterocycles. The van der Waals surface area contributed by atoms with Gasteiger partial charge in [0, 0.05) is 24.2 Å². The van der Waals surface area contributed by atoms with Crippen molar-refractivity contribution in [2.45, 2.75) is 52.4 Å². The molecule has 0 aromatic carbocycles. The number of unbranched alkanes of at least 4 members (excludes halogenated alkanes) is 1. The Balaban J connectivity index is 1.48. The molecule has 4 atom stereocenters. The fourth-order valence-electron chi connectivity index (χ4n) is 4.84. The Bertz CT molecular complexity index is 812. The van der Waals surface area contributed by atoms with Crippen LogP contribution in [0.5, 0.6) is 0 Å². The Morgan fingerprint density at radius 1 is 0.694 bits per heavy atom. The van der Waals surface area contributed by atoms with Gasteiger partial charge in [-0.3, -0.25) is 0 Å². The van der Waals surface area contributed by atoms with Gasteiger partial charge in [0.15, 0.2) is 0 Å². The normalized spacial score (nSPS) is 21.8. The largest absolute Gasteiger partial charge is 0.462 e. The summed E-state index contributed by atoms with van der Waals surface area (Å²) in [6.07, 6.45) is 4.55. The van der Waals surface area contributed by atoms with E-state index in [-0.39, 0.29) is 26.4 Å². The van der Waals surface area contributed by atoms with E-state index in [0.29, 0.717) is 60.7 Å². The first kappa shape index (κ1) is 29.2. The van der Waals surface area contributed by atoms with Crippen LogP contribution < -0.4 is 10.6 Å². The zero-order valence-corrected chi connectivity index (χ0v) is 21.5. The lowest BCUT2D eigenvalue weighted by Gasteiger charge is -2.28. The third kappa shape index (κ3) is 10.3. The summed E-state index contributed by atoms with van der Waals surface area (Å²) < 4.78 is 20.1. The Kier molecular flexibility index (Phi) is 12.3. The minimum absolute atomic E-state index is 0.00344. The van der Waals surface area contributed by atoms with Gasteiger partial charge in [0.05, 0.1) is 13.2 Å². The van der Waals surface area contributed by atoms with Gasteiger partial charge in [0.2, 0.25) is 0 Å². The molecule has 2 saturated carbocycles. The topological polar surface area (TPSA) is 129 Å². The predicted molar refractivity (Wildman–Crippen MR) is 132 cm³/mol. The fraction of sp³-hybridized carbons (Fsp3) is 0.692. The van der Waals surface area contributed by atoms with Crippen molar-refractivity contribution < 1.29 is 38.1 Å². The zero-order chi connectivity index (χ0) is 26.5. The van der Waals surface area contributed by atoms with Crippen LogP contribution in [0.2, 0.25) is 0 Å². The van der Waals surface area contributed by atoms with Crippen LogP contribution in [0.1, 0.15) is 52.4 Å². The molecule has 0 aromatic rings. The second-order valence-electron chi connectivity index (χ2n) is 9.66. The van der Waals surface area contributed by atoms with Crippen molar-refractivity contribution in [3.8, 4) is 0 Å². The first-order chi connectivity index (χ1) is 17.2. The van der Waals surface area contributed by atoms with Crippen LogP contribution in [0.25, 0.3) is 0 Å². The van der Waals surface area contributed by atoms with E-state index in [4.69, 9.17) is 18.9 Å². The second-order valence-corrected chi connectivity index (χ2v) is 9.66. The summed E-state index contributed by atoms with van der Waals surface area (Å²) in [4.78, 5) is 46.3. The summed E-state index contributed by atoms with van der Waals surface area (Å²) in [5, 5.41) is 5.63. The molecule has 2 aliphatic rings. The van der Waals surface area contributed by atoms with Crippen molar-refractivity contribution in [3.63, 3.8) is 0 Å².